The molecular weight excluding hydrogens is 556 g/mol. The van der Waals surface area contributed by atoms with E-state index in [0.29, 0.717) is 18.4 Å². The van der Waals surface area contributed by atoms with Crippen molar-refractivity contribution in [2.75, 3.05) is 47.4 Å². The molecule has 0 spiro atoms. The van der Waals surface area contributed by atoms with Crippen molar-refractivity contribution in [3.8, 4) is 5.75 Å². The van der Waals surface area contributed by atoms with Gasteiger partial charge in [0, 0.05) is 37.1 Å². The van der Waals surface area contributed by atoms with Gasteiger partial charge in [-0.3, -0.25) is 0 Å². The monoisotopic (exact) mass is 610 g/mol. The first-order valence-electron chi connectivity index (χ1n) is 15.7. The van der Waals surface area contributed by atoms with Crippen molar-refractivity contribution in [3.05, 3.63) is 101 Å². The smallest absolute Gasteiger partial charge is 0.119 e. The summed E-state index contributed by atoms with van der Waals surface area (Å²) >= 11 is 6.42. The highest BCUT2D eigenvalue weighted by Gasteiger charge is 2.36. The van der Waals surface area contributed by atoms with Crippen LogP contribution in [0.3, 0.4) is 0 Å². The van der Waals surface area contributed by atoms with Gasteiger partial charge >= 0.3 is 0 Å². The number of hydrogen-bond donors (Lipinski definition) is 3. The Bertz CT molecular complexity index is 1130. The summed E-state index contributed by atoms with van der Waals surface area (Å²) in [5.74, 6) is 2.04. The topological polar surface area (TPSA) is 65.0 Å². The van der Waals surface area contributed by atoms with Gasteiger partial charge in [0.15, 0.2) is 0 Å². The van der Waals surface area contributed by atoms with Gasteiger partial charge in [-0.15, -0.1) is 6.58 Å². The molecule has 1 fully saturated rings. The number of rotatable bonds is 18. The lowest BCUT2D eigenvalue weighted by Gasteiger charge is -2.41. The van der Waals surface area contributed by atoms with E-state index in [9.17, 15) is 5.11 Å². The number of aliphatic hydroxyl groups excluding tert-OH is 2. The van der Waals surface area contributed by atoms with Crippen LogP contribution >= 0.6 is 11.6 Å². The molecule has 0 radical (unpaired) electrons. The zero-order valence-electron chi connectivity index (χ0n) is 27.1. The molecule has 1 aliphatic rings. The third-order valence-corrected chi connectivity index (χ3v) is 8.64. The van der Waals surface area contributed by atoms with Gasteiger partial charge < -0.3 is 25.2 Å². The summed E-state index contributed by atoms with van der Waals surface area (Å²) in [6.45, 7) is 15.7. The number of benzene rings is 2. The highest BCUT2D eigenvalue weighted by atomic mass is 35.5. The number of nitrogens with one attached hydrogen (secondary N) is 1. The van der Waals surface area contributed by atoms with Crippen LogP contribution in [0.25, 0.3) is 0 Å². The summed E-state index contributed by atoms with van der Waals surface area (Å²) in [6, 6.07) is 14.6. The van der Waals surface area contributed by atoms with Crippen LogP contribution in [0.2, 0.25) is 5.02 Å². The maximum atomic E-state index is 10.8. The maximum Gasteiger partial charge on any atom is 0.119 e. The minimum Gasteiger partial charge on any atom is -0.493 e. The van der Waals surface area contributed by atoms with Gasteiger partial charge in [-0.05, 0) is 106 Å². The van der Waals surface area contributed by atoms with E-state index in [2.05, 4.69) is 79.8 Å². The van der Waals surface area contributed by atoms with Crippen molar-refractivity contribution in [1.82, 2.24) is 10.2 Å². The molecule has 0 aromatic heterocycles. The minimum atomic E-state index is -0.362. The zero-order valence-corrected chi connectivity index (χ0v) is 27.8. The van der Waals surface area contributed by atoms with Gasteiger partial charge in [0.25, 0.3) is 0 Å². The van der Waals surface area contributed by atoms with Gasteiger partial charge in [0.2, 0.25) is 0 Å². The second-order valence-electron chi connectivity index (χ2n) is 11.8. The minimum absolute atomic E-state index is 0.147. The summed E-state index contributed by atoms with van der Waals surface area (Å²) < 4.78 is 6.42. The Morgan fingerprint density at radius 3 is 2.49 bits per heavy atom. The van der Waals surface area contributed by atoms with Crippen LogP contribution in [-0.2, 0) is 6.42 Å². The predicted molar refractivity (Wildman–Crippen MR) is 183 cm³/mol. The van der Waals surface area contributed by atoms with Crippen LogP contribution in [0.4, 0.5) is 0 Å². The number of hydrogen-bond acceptors (Lipinski definition) is 5. The summed E-state index contributed by atoms with van der Waals surface area (Å²) in [5, 5.41) is 21.7. The van der Waals surface area contributed by atoms with E-state index in [1.165, 1.54) is 23.1 Å². The Kier molecular flexibility index (Phi) is 16.9. The first-order valence-corrected chi connectivity index (χ1v) is 16.1. The highest BCUT2D eigenvalue weighted by Crippen LogP contribution is 2.38. The molecule has 3 N–H and O–H groups in total. The third-order valence-electron chi connectivity index (χ3n) is 8.41. The number of nitrogens with zero attached hydrogens (tertiary/aromatic N) is 1. The second kappa shape index (κ2) is 19.8. The first-order chi connectivity index (χ1) is 20.8. The van der Waals surface area contributed by atoms with E-state index in [1.807, 2.05) is 32.2 Å². The SMILES string of the molecule is C=CC(C(=C)C)c1ccc(OCC(CN(C)CC2CCC2C(O)/C=C/CCNC)c2ccc(Cl)cc2CCC)cc1.CO. The van der Waals surface area contributed by atoms with Crippen molar-refractivity contribution < 1.29 is 14.9 Å². The lowest BCUT2D eigenvalue weighted by Crippen LogP contribution is -2.42. The largest absolute Gasteiger partial charge is 0.493 e. The molecule has 238 valence electrons. The highest BCUT2D eigenvalue weighted by molar-refractivity contribution is 6.30. The Morgan fingerprint density at radius 2 is 1.91 bits per heavy atom. The molecule has 2 aromatic rings. The fourth-order valence-electron chi connectivity index (χ4n) is 6.02. The number of halogens is 1. The van der Waals surface area contributed by atoms with Gasteiger partial charge in [0.05, 0.1) is 12.7 Å². The average Bonchev–Trinajstić information content (AvgIpc) is 2.98. The summed E-state index contributed by atoms with van der Waals surface area (Å²) in [4.78, 5) is 2.43. The molecule has 5 atom stereocenters. The Morgan fingerprint density at radius 1 is 1.19 bits per heavy atom. The van der Waals surface area contributed by atoms with Gasteiger partial charge in [-0.25, -0.2) is 0 Å². The van der Waals surface area contributed by atoms with Crippen LogP contribution in [0.1, 0.15) is 68.1 Å². The van der Waals surface area contributed by atoms with Crippen molar-refractivity contribution in [1.29, 1.82) is 0 Å². The second-order valence-corrected chi connectivity index (χ2v) is 12.2. The molecule has 1 aliphatic carbocycles. The molecular formula is C37H55ClN2O3. The molecule has 5 nitrogen and oxygen atoms in total. The van der Waals surface area contributed by atoms with E-state index in [1.54, 1.807) is 0 Å². The van der Waals surface area contributed by atoms with E-state index in [4.69, 9.17) is 21.4 Å². The van der Waals surface area contributed by atoms with E-state index >= 15 is 0 Å². The van der Waals surface area contributed by atoms with Crippen LogP contribution < -0.4 is 10.1 Å². The number of aryl methyl sites for hydroxylation is 1. The van der Waals surface area contributed by atoms with E-state index < -0.39 is 0 Å². The molecule has 0 aliphatic heterocycles. The molecule has 43 heavy (non-hydrogen) atoms. The van der Waals surface area contributed by atoms with Crippen molar-refractivity contribution >= 4 is 11.6 Å². The van der Waals surface area contributed by atoms with Crippen LogP contribution in [-0.4, -0.2) is 68.7 Å². The zero-order chi connectivity index (χ0) is 31.8. The number of allylic oxidation sites excluding steroid dienone is 2. The maximum absolute atomic E-state index is 10.8. The Hall–Kier alpha value is -2.41. The Labute approximate surface area is 266 Å². The lowest BCUT2D eigenvalue weighted by atomic mass is 9.70. The molecule has 1 saturated carbocycles. The molecule has 0 saturated heterocycles. The normalized spacial score (nSPS) is 18.3. The lowest BCUT2D eigenvalue weighted by molar-refractivity contribution is 0.0246. The predicted octanol–water partition coefficient (Wildman–Crippen LogP) is 7.39. The quantitative estimate of drug-likeness (QED) is 0.121. The van der Waals surface area contributed by atoms with Crippen molar-refractivity contribution in [2.45, 2.75) is 63.9 Å². The molecule has 0 heterocycles. The first kappa shape index (κ1) is 36.8. The number of aliphatic hydroxyl groups is 2. The number of likely N-dealkylation sites (N-methyl/N-ethyl adjacent to an activating group) is 1. The number of ether oxygens (including phenoxy) is 1. The standard InChI is InChI=1S/C36H51ClN2O2.CH4O/c1-7-11-28-22-31(37)16-20-34(28)30(25-41-32-17-13-27(14-18-32)33(8-2)26(3)4)24-39(6)23-29-15-19-35(29)36(40)12-9-10-21-38-5;1-2/h8-9,12-14,16-18,20,22,29-30,33,35-36,38,40H,2-3,7,10-11,15,19,21,23-25H2,1,4-6H3;2H,1H3/b12-9+;. The Balaban J connectivity index is 0.00000316. The van der Waals surface area contributed by atoms with E-state index in [-0.39, 0.29) is 17.9 Å². The molecule has 0 bridgehead atoms. The molecule has 0 amide bonds. The van der Waals surface area contributed by atoms with Gasteiger partial charge in [0.1, 0.15) is 5.75 Å². The van der Waals surface area contributed by atoms with Crippen molar-refractivity contribution in [2.24, 2.45) is 11.8 Å². The average molecular weight is 611 g/mol. The van der Waals surface area contributed by atoms with Crippen LogP contribution in [0.5, 0.6) is 5.75 Å². The fraction of sp³-hybridized carbons (Fsp3) is 0.514. The van der Waals surface area contributed by atoms with Gasteiger partial charge in [-0.2, -0.15) is 0 Å². The molecule has 2 aromatic carbocycles. The summed E-state index contributed by atoms with van der Waals surface area (Å²) in [6.07, 6.45) is 10.9. The molecule has 5 unspecified atom stereocenters. The fourth-order valence-corrected chi connectivity index (χ4v) is 6.21. The third kappa shape index (κ3) is 11.6. The van der Waals surface area contributed by atoms with Crippen molar-refractivity contribution in [3.63, 3.8) is 0 Å². The van der Waals surface area contributed by atoms with Gasteiger partial charge in [-0.1, -0.05) is 73.5 Å². The van der Waals surface area contributed by atoms with E-state index in [0.717, 1.165) is 68.8 Å². The molecule has 6 heteroatoms. The van der Waals surface area contributed by atoms with Crippen LogP contribution in [0.15, 0.2) is 79.4 Å². The summed E-state index contributed by atoms with van der Waals surface area (Å²) in [7, 11) is 5.16. The molecule has 3 rings (SSSR count). The summed E-state index contributed by atoms with van der Waals surface area (Å²) in [5.41, 5.74) is 4.87. The van der Waals surface area contributed by atoms with Crippen LogP contribution in [0, 0.1) is 11.8 Å².